The van der Waals surface area contributed by atoms with Crippen molar-refractivity contribution in [3.05, 3.63) is 12.2 Å². The number of carbonyl (C=O) groups excluding carboxylic acids is 1. The predicted molar refractivity (Wildman–Crippen MR) is 113 cm³/mol. The Morgan fingerprint density at radius 1 is 0.962 bits per heavy atom. The molecule has 0 aliphatic carbocycles. The summed E-state index contributed by atoms with van der Waals surface area (Å²) < 4.78 is 0. The molecule has 0 saturated carbocycles. The molecule has 2 N–H and O–H groups in total. The lowest BCUT2D eigenvalue weighted by Crippen LogP contribution is -2.41. The van der Waals surface area contributed by atoms with Crippen molar-refractivity contribution in [3.8, 4) is 0 Å². The lowest BCUT2D eigenvalue weighted by atomic mass is 10.1. The van der Waals surface area contributed by atoms with Gasteiger partial charge >= 0.3 is 5.97 Å². The van der Waals surface area contributed by atoms with Crippen LogP contribution in [0.15, 0.2) is 12.2 Å². The lowest BCUT2D eigenvalue weighted by molar-refractivity contribution is -0.141. The minimum absolute atomic E-state index is 0.135. The topological polar surface area (TPSA) is 66.4 Å². The molecule has 0 aromatic heterocycles. The number of hydrogen-bond donors (Lipinski definition) is 2. The van der Waals surface area contributed by atoms with Crippen molar-refractivity contribution in [1.29, 1.82) is 0 Å². The van der Waals surface area contributed by atoms with Crippen LogP contribution in [-0.2, 0) is 9.59 Å². The van der Waals surface area contributed by atoms with Crippen molar-refractivity contribution in [2.75, 3.05) is 12.0 Å². The molecule has 4 nitrogen and oxygen atoms in total. The summed E-state index contributed by atoms with van der Waals surface area (Å²) in [7, 11) is 0. The first kappa shape index (κ1) is 25.0. The largest absolute Gasteiger partial charge is 0.480 e. The Kier molecular flexibility index (Phi) is 18.1. The minimum atomic E-state index is -0.939. The summed E-state index contributed by atoms with van der Waals surface area (Å²) in [4.78, 5) is 22.9. The molecular weight excluding hydrogens is 346 g/mol. The lowest BCUT2D eigenvalue weighted by Gasteiger charge is -2.13. The Bertz CT molecular complexity index is 385. The highest BCUT2D eigenvalue weighted by Gasteiger charge is 2.18. The fourth-order valence-electron chi connectivity index (χ4n) is 2.76. The molecule has 1 atom stereocenters. The van der Waals surface area contributed by atoms with Crippen molar-refractivity contribution in [2.45, 2.75) is 96.4 Å². The van der Waals surface area contributed by atoms with Crippen LogP contribution in [0.1, 0.15) is 90.4 Å². The zero-order valence-electron chi connectivity index (χ0n) is 16.8. The molecule has 0 heterocycles. The number of carbonyl (C=O) groups is 2. The smallest absolute Gasteiger partial charge is 0.326 e. The van der Waals surface area contributed by atoms with Crippen LogP contribution < -0.4 is 5.32 Å². The van der Waals surface area contributed by atoms with E-state index >= 15 is 0 Å². The van der Waals surface area contributed by atoms with Crippen LogP contribution in [0.5, 0.6) is 0 Å². The highest BCUT2D eigenvalue weighted by Crippen LogP contribution is 2.09. The minimum Gasteiger partial charge on any atom is -0.480 e. The van der Waals surface area contributed by atoms with Crippen molar-refractivity contribution in [1.82, 2.24) is 5.32 Å². The molecule has 0 aromatic carbocycles. The Morgan fingerprint density at radius 2 is 1.54 bits per heavy atom. The third kappa shape index (κ3) is 16.5. The van der Waals surface area contributed by atoms with Crippen molar-refractivity contribution >= 4 is 23.6 Å². The average Bonchev–Trinajstić information content (AvgIpc) is 2.62. The summed E-state index contributed by atoms with van der Waals surface area (Å²) in [5.41, 5.74) is 0. The van der Waals surface area contributed by atoms with E-state index in [9.17, 15) is 9.59 Å². The third-order valence-electron chi connectivity index (χ3n) is 4.41. The van der Waals surface area contributed by atoms with Gasteiger partial charge in [0.15, 0.2) is 0 Å². The molecule has 0 aromatic rings. The van der Waals surface area contributed by atoms with Crippen molar-refractivity contribution < 1.29 is 14.7 Å². The van der Waals surface area contributed by atoms with Gasteiger partial charge in [-0.05, 0) is 50.5 Å². The van der Waals surface area contributed by atoms with E-state index in [1.165, 1.54) is 44.9 Å². The van der Waals surface area contributed by atoms with Crippen LogP contribution in [0.2, 0.25) is 0 Å². The van der Waals surface area contributed by atoms with Crippen LogP contribution in [0.4, 0.5) is 0 Å². The van der Waals surface area contributed by atoms with Gasteiger partial charge in [-0.3, -0.25) is 4.79 Å². The van der Waals surface area contributed by atoms with Crippen LogP contribution in [0, 0.1) is 0 Å². The van der Waals surface area contributed by atoms with Crippen LogP contribution in [0.3, 0.4) is 0 Å². The fraction of sp³-hybridized carbons (Fsp3) is 0.810. The van der Waals surface area contributed by atoms with Gasteiger partial charge in [-0.25, -0.2) is 4.79 Å². The van der Waals surface area contributed by atoms with E-state index in [4.69, 9.17) is 5.11 Å². The molecule has 26 heavy (non-hydrogen) atoms. The maximum absolute atomic E-state index is 11.8. The van der Waals surface area contributed by atoms with Gasteiger partial charge in [0.1, 0.15) is 6.04 Å². The number of hydrogen-bond acceptors (Lipinski definition) is 3. The van der Waals surface area contributed by atoms with Gasteiger partial charge in [-0.1, -0.05) is 57.6 Å². The second kappa shape index (κ2) is 18.8. The summed E-state index contributed by atoms with van der Waals surface area (Å²) in [6.07, 6.45) is 20.6. The van der Waals surface area contributed by atoms with E-state index in [-0.39, 0.29) is 5.91 Å². The maximum Gasteiger partial charge on any atom is 0.326 e. The predicted octanol–water partition coefficient (Wildman–Crippen LogP) is 5.57. The molecule has 0 unspecified atom stereocenters. The van der Waals surface area contributed by atoms with Gasteiger partial charge in [0.25, 0.3) is 0 Å². The molecule has 0 bridgehead atoms. The number of rotatable bonds is 18. The number of carboxylic acids is 1. The molecule has 1 amide bonds. The molecule has 0 spiro atoms. The van der Waals surface area contributed by atoms with Gasteiger partial charge in [0.05, 0.1) is 0 Å². The standard InChI is InChI=1S/C21H39NO3S/c1-3-4-5-6-7-8-9-10-11-12-13-14-15-16-20(23)22-19(21(24)25)17-18-26-2/h8-9,19H,3-7,10-18H2,1-2H3,(H,22,23)(H,24,25)/b9-8-/t19-/m0/s1. The quantitative estimate of drug-likeness (QED) is 0.239. The summed E-state index contributed by atoms with van der Waals surface area (Å²) in [5, 5.41) is 11.7. The van der Waals surface area contributed by atoms with E-state index in [1.54, 1.807) is 11.8 Å². The fourth-order valence-corrected chi connectivity index (χ4v) is 3.23. The second-order valence-electron chi connectivity index (χ2n) is 6.87. The van der Waals surface area contributed by atoms with Gasteiger partial charge < -0.3 is 10.4 Å². The Balaban J connectivity index is 3.52. The van der Waals surface area contributed by atoms with Crippen molar-refractivity contribution in [3.63, 3.8) is 0 Å². The van der Waals surface area contributed by atoms with Crippen LogP contribution in [0.25, 0.3) is 0 Å². The van der Waals surface area contributed by atoms with E-state index in [1.807, 2.05) is 6.26 Å². The van der Waals surface area contributed by atoms with E-state index in [0.29, 0.717) is 12.8 Å². The number of carboxylic acid groups (broad SMARTS) is 1. The number of allylic oxidation sites excluding steroid dienone is 2. The summed E-state index contributed by atoms with van der Waals surface area (Å²) >= 11 is 1.59. The molecule has 5 heteroatoms. The van der Waals surface area contributed by atoms with Crippen LogP contribution >= 0.6 is 11.8 Å². The molecule has 0 saturated heterocycles. The normalized spacial score (nSPS) is 12.4. The number of aliphatic carboxylic acids is 1. The second-order valence-corrected chi connectivity index (χ2v) is 7.85. The third-order valence-corrected chi connectivity index (χ3v) is 5.05. The number of unbranched alkanes of at least 4 members (excludes halogenated alkanes) is 9. The van der Waals surface area contributed by atoms with Gasteiger partial charge in [0.2, 0.25) is 5.91 Å². The highest BCUT2D eigenvalue weighted by molar-refractivity contribution is 7.98. The Morgan fingerprint density at radius 3 is 2.12 bits per heavy atom. The Hall–Kier alpha value is -0.970. The first-order chi connectivity index (χ1) is 12.6. The first-order valence-electron chi connectivity index (χ1n) is 10.3. The van der Waals surface area contributed by atoms with Gasteiger partial charge in [0, 0.05) is 6.42 Å². The molecule has 0 fully saturated rings. The van der Waals surface area contributed by atoms with Crippen LogP contribution in [-0.4, -0.2) is 35.0 Å². The van der Waals surface area contributed by atoms with Crippen molar-refractivity contribution in [2.24, 2.45) is 0 Å². The van der Waals surface area contributed by atoms with E-state index < -0.39 is 12.0 Å². The van der Waals surface area contributed by atoms with Gasteiger partial charge in [-0.2, -0.15) is 11.8 Å². The zero-order valence-corrected chi connectivity index (χ0v) is 17.6. The molecule has 0 radical (unpaired) electrons. The number of amides is 1. The summed E-state index contributed by atoms with van der Waals surface area (Å²) in [6, 6.07) is -0.747. The van der Waals surface area contributed by atoms with Gasteiger partial charge in [-0.15, -0.1) is 0 Å². The molecule has 152 valence electrons. The molecule has 0 aliphatic rings. The molecule has 0 rings (SSSR count). The highest BCUT2D eigenvalue weighted by atomic mass is 32.2. The monoisotopic (exact) mass is 385 g/mol. The zero-order chi connectivity index (χ0) is 19.5. The summed E-state index contributed by atoms with van der Waals surface area (Å²) in [5.74, 6) is -0.333. The molecular formula is C21H39NO3S. The Labute approximate surface area is 164 Å². The SMILES string of the molecule is CCCCCC/C=C\CCCCCCCC(=O)N[C@@H](CCSC)C(=O)O. The summed E-state index contributed by atoms with van der Waals surface area (Å²) in [6.45, 7) is 2.24. The first-order valence-corrected chi connectivity index (χ1v) is 11.7. The van der Waals surface area contributed by atoms with E-state index in [2.05, 4.69) is 24.4 Å². The maximum atomic E-state index is 11.8. The number of thioether (sulfide) groups is 1. The number of nitrogens with one attached hydrogen (secondary N) is 1. The van der Waals surface area contributed by atoms with E-state index in [0.717, 1.165) is 31.4 Å². The average molecular weight is 386 g/mol. The molecule has 0 aliphatic heterocycles.